The molecule has 1 aliphatic rings. The Balaban J connectivity index is 2.07. The molecule has 0 aliphatic carbocycles. The second-order valence-corrected chi connectivity index (χ2v) is 5.05. The van der Waals surface area contributed by atoms with Crippen LogP contribution in [-0.2, 0) is 6.42 Å². The minimum Gasteiger partial charge on any atom is -0.328 e. The molecule has 4 heteroatoms. The van der Waals surface area contributed by atoms with Crippen molar-refractivity contribution in [3.8, 4) is 6.19 Å². The molecule has 1 fully saturated rings. The molecule has 1 aromatic carbocycles. The van der Waals surface area contributed by atoms with Crippen LogP contribution in [0.2, 0.25) is 0 Å². The first kappa shape index (κ1) is 12.4. The second kappa shape index (κ2) is 5.09. The van der Waals surface area contributed by atoms with Crippen molar-refractivity contribution in [1.29, 1.82) is 5.26 Å². The topological polar surface area (TPSA) is 56.1 Å². The zero-order valence-corrected chi connectivity index (χ0v) is 10.7. The van der Waals surface area contributed by atoms with Crippen LogP contribution in [0.3, 0.4) is 0 Å². The molecule has 1 aliphatic heterocycles. The van der Waals surface area contributed by atoms with E-state index in [1.54, 1.807) is 0 Å². The molecule has 0 aromatic heterocycles. The summed E-state index contributed by atoms with van der Waals surface area (Å²) in [5.74, 6) is 0.635. The molecule has 1 heterocycles. The molecule has 0 saturated carbocycles. The molecule has 18 heavy (non-hydrogen) atoms. The van der Waals surface area contributed by atoms with E-state index in [1.807, 2.05) is 18.3 Å². The number of hydrogen-bond donors (Lipinski definition) is 1. The Labute approximate surface area is 107 Å². The molecule has 2 rings (SSSR count). The van der Waals surface area contributed by atoms with E-state index in [2.05, 4.69) is 31.3 Å². The van der Waals surface area contributed by atoms with Gasteiger partial charge in [-0.1, -0.05) is 38.1 Å². The SMILES string of the molecule is CC(C)Cc1ccc(C2CN(C#N)C(=O)N2)cc1. The molecule has 1 N–H and O–H groups in total. The minimum absolute atomic E-state index is 0.0785. The van der Waals surface area contributed by atoms with Crippen LogP contribution in [0, 0.1) is 17.4 Å². The number of rotatable bonds is 3. The first-order valence-corrected chi connectivity index (χ1v) is 6.16. The number of amides is 2. The van der Waals surface area contributed by atoms with E-state index in [-0.39, 0.29) is 12.1 Å². The predicted octanol–water partition coefficient (Wildman–Crippen LogP) is 2.43. The molecule has 0 bridgehead atoms. The maximum Gasteiger partial charge on any atom is 0.331 e. The second-order valence-electron chi connectivity index (χ2n) is 5.05. The molecule has 1 atom stereocenters. The van der Waals surface area contributed by atoms with Gasteiger partial charge >= 0.3 is 6.03 Å². The van der Waals surface area contributed by atoms with E-state index < -0.39 is 0 Å². The summed E-state index contributed by atoms with van der Waals surface area (Å²) in [6, 6.07) is 7.86. The average Bonchev–Trinajstić information content (AvgIpc) is 2.71. The summed E-state index contributed by atoms with van der Waals surface area (Å²) in [6.45, 7) is 4.80. The Hall–Kier alpha value is -2.02. The molecule has 2 amide bonds. The standard InChI is InChI=1S/C14H17N3O/c1-10(2)7-11-3-5-12(6-4-11)13-8-17(9-15)14(18)16-13/h3-6,10,13H,7-8H2,1-2H3,(H,16,18). The molecule has 0 radical (unpaired) electrons. The minimum atomic E-state index is -0.311. The van der Waals surface area contributed by atoms with Crippen molar-refractivity contribution in [2.75, 3.05) is 6.54 Å². The molecule has 0 spiro atoms. The van der Waals surface area contributed by atoms with Crippen molar-refractivity contribution in [3.63, 3.8) is 0 Å². The fraction of sp³-hybridized carbons (Fsp3) is 0.429. The highest BCUT2D eigenvalue weighted by Gasteiger charge is 2.29. The number of urea groups is 1. The maximum atomic E-state index is 11.4. The lowest BCUT2D eigenvalue weighted by molar-refractivity contribution is 0.232. The van der Waals surface area contributed by atoms with Gasteiger partial charge in [0.05, 0.1) is 12.6 Å². The Morgan fingerprint density at radius 3 is 2.61 bits per heavy atom. The molecule has 1 unspecified atom stereocenters. The van der Waals surface area contributed by atoms with Gasteiger partial charge < -0.3 is 5.32 Å². The van der Waals surface area contributed by atoms with Crippen LogP contribution in [0.25, 0.3) is 0 Å². The highest BCUT2D eigenvalue weighted by molar-refractivity contribution is 5.78. The lowest BCUT2D eigenvalue weighted by atomic mass is 10.00. The normalized spacial score (nSPS) is 18.9. The van der Waals surface area contributed by atoms with Crippen LogP contribution in [0.4, 0.5) is 4.79 Å². The van der Waals surface area contributed by atoms with Crippen molar-refractivity contribution in [2.45, 2.75) is 26.3 Å². The zero-order chi connectivity index (χ0) is 13.1. The van der Waals surface area contributed by atoms with Gasteiger partial charge in [-0.15, -0.1) is 0 Å². The molecular formula is C14H17N3O. The number of benzene rings is 1. The number of nitrogens with one attached hydrogen (secondary N) is 1. The van der Waals surface area contributed by atoms with Gasteiger partial charge in [0.15, 0.2) is 6.19 Å². The summed E-state index contributed by atoms with van der Waals surface area (Å²) in [4.78, 5) is 12.5. The van der Waals surface area contributed by atoms with Crippen molar-refractivity contribution in [1.82, 2.24) is 10.2 Å². The molecule has 94 valence electrons. The van der Waals surface area contributed by atoms with E-state index in [0.717, 1.165) is 16.9 Å². The smallest absolute Gasteiger partial charge is 0.328 e. The van der Waals surface area contributed by atoms with Crippen molar-refractivity contribution >= 4 is 6.03 Å². The van der Waals surface area contributed by atoms with E-state index in [0.29, 0.717) is 12.5 Å². The summed E-state index contributed by atoms with van der Waals surface area (Å²) in [6.07, 6.45) is 2.93. The quantitative estimate of drug-likeness (QED) is 0.829. The van der Waals surface area contributed by atoms with Crippen LogP contribution < -0.4 is 5.32 Å². The zero-order valence-electron chi connectivity index (χ0n) is 10.7. The number of carbonyl (C=O) groups is 1. The summed E-state index contributed by atoms with van der Waals surface area (Å²) in [7, 11) is 0. The largest absolute Gasteiger partial charge is 0.331 e. The molecule has 1 aromatic rings. The third-order valence-electron chi connectivity index (χ3n) is 3.05. The van der Waals surface area contributed by atoms with Gasteiger partial charge in [-0.05, 0) is 23.5 Å². The van der Waals surface area contributed by atoms with E-state index in [9.17, 15) is 4.79 Å². The van der Waals surface area contributed by atoms with Gasteiger partial charge in [-0.3, -0.25) is 0 Å². The summed E-state index contributed by atoms with van der Waals surface area (Å²) in [5, 5.41) is 11.6. The van der Waals surface area contributed by atoms with Gasteiger partial charge in [0.2, 0.25) is 0 Å². The van der Waals surface area contributed by atoms with Gasteiger partial charge in [0, 0.05) is 0 Å². The Bertz CT molecular complexity index is 473. The molecule has 1 saturated heterocycles. The van der Waals surface area contributed by atoms with Crippen LogP contribution in [0.1, 0.15) is 31.0 Å². The Morgan fingerprint density at radius 2 is 2.11 bits per heavy atom. The van der Waals surface area contributed by atoms with E-state index in [1.165, 1.54) is 5.56 Å². The van der Waals surface area contributed by atoms with Crippen LogP contribution in [0.5, 0.6) is 0 Å². The Morgan fingerprint density at radius 1 is 1.44 bits per heavy atom. The molecular weight excluding hydrogens is 226 g/mol. The van der Waals surface area contributed by atoms with E-state index in [4.69, 9.17) is 5.26 Å². The number of nitriles is 1. The van der Waals surface area contributed by atoms with Crippen LogP contribution >= 0.6 is 0 Å². The number of hydrogen-bond acceptors (Lipinski definition) is 2. The third-order valence-corrected chi connectivity index (χ3v) is 3.05. The van der Waals surface area contributed by atoms with Crippen molar-refractivity contribution in [3.05, 3.63) is 35.4 Å². The number of carbonyl (C=O) groups excluding carboxylic acids is 1. The third kappa shape index (κ3) is 2.62. The monoisotopic (exact) mass is 243 g/mol. The predicted molar refractivity (Wildman–Crippen MR) is 68.6 cm³/mol. The van der Waals surface area contributed by atoms with Gasteiger partial charge in [-0.25, -0.2) is 9.69 Å². The fourth-order valence-corrected chi connectivity index (χ4v) is 2.17. The lowest BCUT2D eigenvalue weighted by Gasteiger charge is -2.11. The summed E-state index contributed by atoms with van der Waals surface area (Å²) < 4.78 is 0. The lowest BCUT2D eigenvalue weighted by Crippen LogP contribution is -2.23. The van der Waals surface area contributed by atoms with Crippen molar-refractivity contribution in [2.24, 2.45) is 5.92 Å². The van der Waals surface area contributed by atoms with Crippen LogP contribution in [-0.4, -0.2) is 17.5 Å². The first-order chi connectivity index (χ1) is 8.60. The van der Waals surface area contributed by atoms with Crippen molar-refractivity contribution < 1.29 is 4.79 Å². The highest BCUT2D eigenvalue weighted by Crippen LogP contribution is 2.20. The summed E-state index contributed by atoms with van der Waals surface area (Å²) in [5.41, 5.74) is 2.35. The van der Waals surface area contributed by atoms with E-state index >= 15 is 0 Å². The highest BCUT2D eigenvalue weighted by atomic mass is 16.2. The van der Waals surface area contributed by atoms with Crippen LogP contribution in [0.15, 0.2) is 24.3 Å². The summed E-state index contributed by atoms with van der Waals surface area (Å²) >= 11 is 0. The van der Waals surface area contributed by atoms with Gasteiger partial charge in [-0.2, -0.15) is 5.26 Å². The average molecular weight is 243 g/mol. The Kier molecular flexibility index (Phi) is 3.52. The maximum absolute atomic E-state index is 11.4. The van der Waals surface area contributed by atoms with Gasteiger partial charge in [0.1, 0.15) is 0 Å². The number of nitrogens with zero attached hydrogens (tertiary/aromatic N) is 2. The molecule has 4 nitrogen and oxygen atoms in total. The fourth-order valence-electron chi connectivity index (χ4n) is 2.17. The first-order valence-electron chi connectivity index (χ1n) is 6.16. The van der Waals surface area contributed by atoms with Gasteiger partial charge in [0.25, 0.3) is 0 Å².